The van der Waals surface area contributed by atoms with E-state index in [1.165, 1.54) is 32.4 Å². The molecule has 1 amide bonds. The topological polar surface area (TPSA) is 73.9 Å². The van der Waals surface area contributed by atoms with Crippen molar-refractivity contribution in [2.45, 2.75) is 0 Å². The van der Waals surface area contributed by atoms with E-state index in [9.17, 15) is 14.0 Å². The summed E-state index contributed by atoms with van der Waals surface area (Å²) in [6.45, 7) is -0.521. The maximum atomic E-state index is 13.3. The molecular formula is C19H15ClFNO5S. The monoisotopic (exact) mass is 423 g/mol. The summed E-state index contributed by atoms with van der Waals surface area (Å²) in [6, 6.07) is 8.90. The number of ether oxygens (including phenoxy) is 3. The highest BCUT2D eigenvalue weighted by molar-refractivity contribution is 7.21. The number of nitrogens with one attached hydrogen (secondary N) is 1. The van der Waals surface area contributed by atoms with Crippen LogP contribution < -0.4 is 14.8 Å². The normalized spacial score (nSPS) is 10.6. The van der Waals surface area contributed by atoms with Gasteiger partial charge in [-0.25, -0.2) is 9.18 Å². The molecular weight excluding hydrogens is 409 g/mol. The van der Waals surface area contributed by atoms with Crippen molar-refractivity contribution in [2.75, 3.05) is 26.1 Å². The number of rotatable bonds is 6. The molecule has 146 valence electrons. The van der Waals surface area contributed by atoms with Crippen LogP contribution in [0.3, 0.4) is 0 Å². The molecule has 6 nitrogen and oxygen atoms in total. The molecule has 1 N–H and O–H groups in total. The number of thiophene rings is 1. The van der Waals surface area contributed by atoms with E-state index in [1.807, 2.05) is 0 Å². The molecule has 1 heterocycles. The number of anilines is 1. The second-order valence-electron chi connectivity index (χ2n) is 5.58. The Bertz CT molecular complexity index is 1050. The second kappa shape index (κ2) is 8.45. The lowest BCUT2D eigenvalue weighted by Gasteiger charge is -2.11. The van der Waals surface area contributed by atoms with Crippen molar-refractivity contribution >= 4 is 50.6 Å². The standard InChI is InChI=1S/C19H15ClFNO5S/c1-25-11-4-6-13(14(8-11)26-2)22-16(23)9-27-19(24)18-17(20)12-5-3-10(21)7-15(12)28-18/h3-8H,9H2,1-2H3,(H,22,23). The number of fused-ring (bicyclic) bond motifs is 1. The first kappa shape index (κ1) is 19.9. The number of benzene rings is 2. The Labute approximate surface area is 168 Å². The molecule has 0 aliphatic rings. The predicted molar refractivity (Wildman–Crippen MR) is 105 cm³/mol. The fourth-order valence-corrected chi connectivity index (χ4v) is 3.88. The number of halogens is 2. The second-order valence-corrected chi connectivity index (χ2v) is 7.01. The molecule has 0 spiro atoms. The van der Waals surface area contributed by atoms with Gasteiger partial charge in [-0.3, -0.25) is 4.79 Å². The number of methoxy groups -OCH3 is 2. The van der Waals surface area contributed by atoms with Crippen LogP contribution in [0.25, 0.3) is 10.1 Å². The highest BCUT2D eigenvalue weighted by atomic mass is 35.5. The minimum Gasteiger partial charge on any atom is -0.497 e. The Morgan fingerprint density at radius 3 is 2.64 bits per heavy atom. The van der Waals surface area contributed by atoms with Crippen molar-refractivity contribution in [3.05, 3.63) is 52.1 Å². The molecule has 1 aromatic heterocycles. The zero-order valence-electron chi connectivity index (χ0n) is 14.9. The Morgan fingerprint density at radius 1 is 1.14 bits per heavy atom. The van der Waals surface area contributed by atoms with E-state index < -0.39 is 24.3 Å². The van der Waals surface area contributed by atoms with Gasteiger partial charge in [-0.2, -0.15) is 0 Å². The van der Waals surface area contributed by atoms with Gasteiger partial charge < -0.3 is 19.5 Å². The van der Waals surface area contributed by atoms with E-state index in [-0.39, 0.29) is 9.90 Å². The molecule has 0 unspecified atom stereocenters. The smallest absolute Gasteiger partial charge is 0.350 e. The summed E-state index contributed by atoms with van der Waals surface area (Å²) in [5.41, 5.74) is 0.403. The first-order chi connectivity index (χ1) is 13.4. The summed E-state index contributed by atoms with van der Waals surface area (Å²) in [7, 11) is 2.97. The molecule has 3 aromatic rings. The SMILES string of the molecule is COc1ccc(NC(=O)COC(=O)c2sc3cc(F)ccc3c2Cl)c(OC)c1. The summed E-state index contributed by atoms with van der Waals surface area (Å²) in [6.07, 6.45) is 0. The highest BCUT2D eigenvalue weighted by Crippen LogP contribution is 2.36. The third kappa shape index (κ3) is 4.18. The van der Waals surface area contributed by atoms with E-state index >= 15 is 0 Å². The third-order valence-electron chi connectivity index (χ3n) is 3.79. The van der Waals surface area contributed by atoms with Crippen LogP contribution in [0.1, 0.15) is 9.67 Å². The van der Waals surface area contributed by atoms with E-state index in [1.54, 1.807) is 18.2 Å². The van der Waals surface area contributed by atoms with Gasteiger partial charge in [-0.15, -0.1) is 11.3 Å². The van der Waals surface area contributed by atoms with Gasteiger partial charge in [0, 0.05) is 16.2 Å². The minimum atomic E-state index is -0.761. The van der Waals surface area contributed by atoms with Gasteiger partial charge in [-0.05, 0) is 30.3 Å². The average molecular weight is 424 g/mol. The van der Waals surface area contributed by atoms with Crippen molar-refractivity contribution in [1.29, 1.82) is 0 Å². The lowest BCUT2D eigenvalue weighted by atomic mass is 10.2. The van der Waals surface area contributed by atoms with Crippen LogP contribution in [0.4, 0.5) is 10.1 Å². The molecule has 0 aliphatic carbocycles. The molecule has 0 saturated heterocycles. The largest absolute Gasteiger partial charge is 0.497 e. The molecule has 0 saturated carbocycles. The number of carbonyl (C=O) groups excluding carboxylic acids is 2. The van der Waals surface area contributed by atoms with Crippen LogP contribution in [-0.4, -0.2) is 32.7 Å². The van der Waals surface area contributed by atoms with Crippen molar-refractivity contribution in [2.24, 2.45) is 0 Å². The maximum Gasteiger partial charge on any atom is 0.350 e. The Balaban J connectivity index is 1.66. The van der Waals surface area contributed by atoms with Gasteiger partial charge in [-0.1, -0.05) is 11.6 Å². The third-order valence-corrected chi connectivity index (χ3v) is 5.43. The number of amides is 1. The minimum absolute atomic E-state index is 0.108. The van der Waals surface area contributed by atoms with E-state index in [2.05, 4.69) is 5.32 Å². The van der Waals surface area contributed by atoms with Gasteiger partial charge >= 0.3 is 5.97 Å². The van der Waals surface area contributed by atoms with Crippen molar-refractivity contribution in [1.82, 2.24) is 0 Å². The number of hydrogen-bond acceptors (Lipinski definition) is 6. The van der Waals surface area contributed by atoms with E-state index in [4.69, 9.17) is 25.8 Å². The van der Waals surface area contributed by atoms with Gasteiger partial charge in [0.05, 0.1) is 24.9 Å². The quantitative estimate of drug-likeness (QED) is 0.590. The first-order valence-electron chi connectivity index (χ1n) is 7.99. The van der Waals surface area contributed by atoms with Crippen molar-refractivity contribution in [3.63, 3.8) is 0 Å². The summed E-state index contributed by atoms with van der Waals surface area (Å²) in [5, 5.41) is 3.31. The average Bonchev–Trinajstić information content (AvgIpc) is 3.02. The number of carbonyl (C=O) groups is 2. The highest BCUT2D eigenvalue weighted by Gasteiger charge is 2.20. The predicted octanol–water partition coefficient (Wildman–Crippen LogP) is 4.51. The fourth-order valence-electron chi connectivity index (χ4n) is 2.46. The van der Waals surface area contributed by atoms with Crippen molar-refractivity contribution < 1.29 is 28.2 Å². The van der Waals surface area contributed by atoms with Crippen molar-refractivity contribution in [3.8, 4) is 11.5 Å². The first-order valence-corrected chi connectivity index (χ1v) is 9.19. The zero-order valence-corrected chi connectivity index (χ0v) is 16.4. The van der Waals surface area contributed by atoms with Crippen LogP contribution in [-0.2, 0) is 9.53 Å². The molecule has 0 radical (unpaired) electrons. The maximum absolute atomic E-state index is 13.3. The molecule has 2 aromatic carbocycles. The van der Waals surface area contributed by atoms with Gasteiger partial charge in [0.15, 0.2) is 6.61 Å². The summed E-state index contributed by atoms with van der Waals surface area (Å²) < 4.78 is 29.2. The lowest BCUT2D eigenvalue weighted by molar-refractivity contribution is -0.119. The molecule has 0 atom stereocenters. The van der Waals surface area contributed by atoms with Gasteiger partial charge in [0.2, 0.25) is 0 Å². The molecule has 28 heavy (non-hydrogen) atoms. The molecule has 0 bridgehead atoms. The summed E-state index contributed by atoms with van der Waals surface area (Å²) in [5.74, 6) is -0.785. The summed E-state index contributed by atoms with van der Waals surface area (Å²) >= 11 is 7.18. The van der Waals surface area contributed by atoms with Gasteiger partial charge in [0.25, 0.3) is 5.91 Å². The Hall–Kier alpha value is -2.84. The van der Waals surface area contributed by atoms with Crippen LogP contribution in [0.2, 0.25) is 5.02 Å². The van der Waals surface area contributed by atoms with E-state index in [0.29, 0.717) is 27.3 Å². The van der Waals surface area contributed by atoms with Crippen LogP contribution in [0.15, 0.2) is 36.4 Å². The van der Waals surface area contributed by atoms with Crippen LogP contribution in [0, 0.1) is 5.82 Å². The molecule has 0 fully saturated rings. The van der Waals surface area contributed by atoms with Gasteiger partial charge in [0.1, 0.15) is 22.2 Å². The number of esters is 1. The van der Waals surface area contributed by atoms with E-state index in [0.717, 1.165) is 11.3 Å². The summed E-state index contributed by atoms with van der Waals surface area (Å²) in [4.78, 5) is 24.5. The van der Waals surface area contributed by atoms with Crippen LogP contribution in [0.5, 0.6) is 11.5 Å². The Morgan fingerprint density at radius 2 is 1.93 bits per heavy atom. The molecule has 3 rings (SSSR count). The molecule has 0 aliphatic heterocycles. The number of hydrogen-bond donors (Lipinski definition) is 1. The Kier molecular flexibility index (Phi) is 6.01. The fraction of sp³-hybridized carbons (Fsp3) is 0.158. The molecule has 9 heteroatoms. The van der Waals surface area contributed by atoms with Crippen LogP contribution >= 0.6 is 22.9 Å². The zero-order chi connectivity index (χ0) is 20.3. The lowest BCUT2D eigenvalue weighted by Crippen LogP contribution is -2.21.